The number of hydrogen-bond donors (Lipinski definition) is 0. The molecule has 0 radical (unpaired) electrons. The van der Waals surface area contributed by atoms with Crippen molar-refractivity contribution in [1.82, 2.24) is 0 Å². The lowest BCUT2D eigenvalue weighted by Gasteiger charge is -2.12. The molecular formula is C19H17F2NO4S. The summed E-state index contributed by atoms with van der Waals surface area (Å²) in [7, 11) is -4.01. The minimum atomic E-state index is -4.01. The van der Waals surface area contributed by atoms with Gasteiger partial charge in [-0.3, -0.25) is 0 Å². The minimum absolute atomic E-state index is 0.0106. The van der Waals surface area contributed by atoms with Gasteiger partial charge in [0.05, 0.1) is 11.5 Å². The van der Waals surface area contributed by atoms with E-state index in [1.54, 1.807) is 25.1 Å². The van der Waals surface area contributed by atoms with Crippen molar-refractivity contribution >= 4 is 15.9 Å². The molecule has 0 heterocycles. The Morgan fingerprint density at radius 2 is 1.85 bits per heavy atom. The third-order valence-corrected chi connectivity index (χ3v) is 5.19. The maximum Gasteiger partial charge on any atom is 0.387 e. The second-order valence-corrected chi connectivity index (χ2v) is 7.37. The highest BCUT2D eigenvalue weighted by Crippen LogP contribution is 2.31. The summed E-state index contributed by atoms with van der Waals surface area (Å²) in [5.74, 6) is -0.152. The van der Waals surface area contributed by atoms with Gasteiger partial charge < -0.3 is 9.47 Å². The number of aryl methyl sites for hydroxylation is 1. The van der Waals surface area contributed by atoms with Crippen LogP contribution in [-0.2, 0) is 9.84 Å². The molecule has 5 nitrogen and oxygen atoms in total. The predicted molar refractivity (Wildman–Crippen MR) is 96.2 cm³/mol. The molecule has 0 bridgehead atoms. The molecule has 2 aromatic carbocycles. The standard InChI is InChI=1S/C19H17F2NO4S/c1-3-25-18-11-14(6-9-17(18)26-19(20)21)10-16(12-22)27(23,24)15-7-4-13(2)5-8-15/h4-11,19H,3H2,1-2H3/b16-10+. The molecule has 2 rings (SSSR count). The molecule has 0 aromatic heterocycles. The molecule has 2 aromatic rings. The van der Waals surface area contributed by atoms with Crippen LogP contribution in [0.25, 0.3) is 6.08 Å². The number of nitrogens with zero attached hydrogens (tertiary/aromatic N) is 1. The molecule has 0 N–H and O–H groups in total. The van der Waals surface area contributed by atoms with E-state index in [4.69, 9.17) is 4.74 Å². The van der Waals surface area contributed by atoms with Crippen molar-refractivity contribution in [2.75, 3.05) is 6.61 Å². The molecule has 0 aliphatic heterocycles. The van der Waals surface area contributed by atoms with Crippen LogP contribution in [0.1, 0.15) is 18.1 Å². The Labute approximate surface area is 156 Å². The average Bonchev–Trinajstić information content (AvgIpc) is 2.61. The highest BCUT2D eigenvalue weighted by Gasteiger charge is 2.21. The summed E-state index contributed by atoms with van der Waals surface area (Å²) >= 11 is 0. The number of nitriles is 1. The first-order valence-electron chi connectivity index (χ1n) is 7.93. The van der Waals surface area contributed by atoms with Crippen LogP contribution in [0.2, 0.25) is 0 Å². The third kappa shape index (κ3) is 5.05. The number of rotatable bonds is 7. The number of hydrogen-bond acceptors (Lipinski definition) is 5. The average molecular weight is 393 g/mol. The first-order chi connectivity index (χ1) is 12.8. The van der Waals surface area contributed by atoms with Crippen molar-refractivity contribution in [3.05, 3.63) is 58.5 Å². The fourth-order valence-electron chi connectivity index (χ4n) is 2.24. The molecule has 0 spiro atoms. The van der Waals surface area contributed by atoms with Gasteiger partial charge in [-0.15, -0.1) is 0 Å². The van der Waals surface area contributed by atoms with Crippen molar-refractivity contribution < 1.29 is 26.7 Å². The third-order valence-electron chi connectivity index (χ3n) is 3.51. The van der Waals surface area contributed by atoms with Gasteiger partial charge >= 0.3 is 6.61 Å². The van der Waals surface area contributed by atoms with Crippen LogP contribution >= 0.6 is 0 Å². The van der Waals surface area contributed by atoms with Crippen molar-refractivity contribution in [1.29, 1.82) is 5.26 Å². The van der Waals surface area contributed by atoms with E-state index in [0.29, 0.717) is 5.56 Å². The fourth-order valence-corrected chi connectivity index (χ4v) is 3.40. The number of allylic oxidation sites excluding steroid dienone is 1. The Morgan fingerprint density at radius 3 is 2.41 bits per heavy atom. The van der Waals surface area contributed by atoms with Crippen LogP contribution in [0, 0.1) is 18.3 Å². The second kappa shape index (κ2) is 8.64. The summed E-state index contributed by atoms with van der Waals surface area (Å²) in [4.78, 5) is -0.486. The van der Waals surface area contributed by atoms with Gasteiger partial charge in [-0.05, 0) is 49.8 Å². The Hall–Kier alpha value is -2.92. The van der Waals surface area contributed by atoms with Crippen LogP contribution in [0.4, 0.5) is 8.78 Å². The van der Waals surface area contributed by atoms with Crippen molar-refractivity contribution in [3.63, 3.8) is 0 Å². The normalized spacial score (nSPS) is 11.9. The molecule has 0 saturated carbocycles. The quantitative estimate of drug-likeness (QED) is 0.654. The van der Waals surface area contributed by atoms with Gasteiger partial charge in [0.1, 0.15) is 11.0 Å². The Kier molecular flexibility index (Phi) is 6.53. The molecule has 142 valence electrons. The fraction of sp³-hybridized carbons (Fsp3) is 0.211. The molecule has 27 heavy (non-hydrogen) atoms. The molecule has 0 atom stereocenters. The molecule has 8 heteroatoms. The lowest BCUT2D eigenvalue weighted by Crippen LogP contribution is -2.05. The van der Waals surface area contributed by atoms with Crippen molar-refractivity contribution in [3.8, 4) is 17.6 Å². The Balaban J connectivity index is 2.46. The van der Waals surface area contributed by atoms with E-state index in [2.05, 4.69) is 4.74 Å². The molecule has 0 unspecified atom stereocenters. The summed E-state index contributed by atoms with van der Waals surface area (Å²) in [6, 6.07) is 11.7. The monoisotopic (exact) mass is 393 g/mol. The summed E-state index contributed by atoms with van der Waals surface area (Å²) in [6.45, 7) is 0.647. The molecular weight excluding hydrogens is 376 g/mol. The summed E-state index contributed by atoms with van der Waals surface area (Å²) in [5.41, 5.74) is 1.18. The maximum absolute atomic E-state index is 12.7. The van der Waals surface area contributed by atoms with Gasteiger partial charge in [0.25, 0.3) is 0 Å². The Bertz CT molecular complexity index is 978. The summed E-state index contributed by atoms with van der Waals surface area (Å²) in [5, 5.41) is 9.33. The predicted octanol–water partition coefficient (Wildman–Crippen LogP) is 4.33. The van der Waals surface area contributed by atoms with Crippen LogP contribution in [0.5, 0.6) is 11.5 Å². The SMILES string of the molecule is CCOc1cc(/C=C(\C#N)S(=O)(=O)c2ccc(C)cc2)ccc1OC(F)F. The van der Waals surface area contributed by atoms with Gasteiger partial charge in [-0.2, -0.15) is 14.0 Å². The lowest BCUT2D eigenvalue weighted by molar-refractivity contribution is -0.0514. The van der Waals surface area contributed by atoms with E-state index in [1.807, 2.05) is 6.92 Å². The van der Waals surface area contributed by atoms with Crippen molar-refractivity contribution in [2.45, 2.75) is 25.4 Å². The maximum atomic E-state index is 12.7. The van der Waals surface area contributed by atoms with E-state index >= 15 is 0 Å². The van der Waals surface area contributed by atoms with E-state index < -0.39 is 21.4 Å². The molecule has 0 amide bonds. The number of benzene rings is 2. The Morgan fingerprint density at radius 1 is 1.19 bits per heavy atom. The summed E-state index contributed by atoms with van der Waals surface area (Å²) < 4.78 is 59.9. The molecule has 0 fully saturated rings. The number of halogens is 2. The van der Waals surface area contributed by atoms with Crippen LogP contribution in [-0.4, -0.2) is 21.6 Å². The molecule has 0 aliphatic carbocycles. The zero-order valence-electron chi connectivity index (χ0n) is 14.6. The minimum Gasteiger partial charge on any atom is -0.490 e. The largest absolute Gasteiger partial charge is 0.490 e. The zero-order valence-corrected chi connectivity index (χ0v) is 15.5. The summed E-state index contributed by atoms with van der Waals surface area (Å²) in [6.07, 6.45) is 1.16. The van der Waals surface area contributed by atoms with E-state index in [1.165, 1.54) is 30.3 Å². The lowest BCUT2D eigenvalue weighted by atomic mass is 10.2. The number of ether oxygens (including phenoxy) is 2. The van der Waals surface area contributed by atoms with Gasteiger partial charge in [-0.25, -0.2) is 8.42 Å². The van der Waals surface area contributed by atoms with Gasteiger partial charge in [-0.1, -0.05) is 23.8 Å². The van der Waals surface area contributed by atoms with Gasteiger partial charge in [0.2, 0.25) is 9.84 Å². The van der Waals surface area contributed by atoms with E-state index in [9.17, 15) is 22.5 Å². The topological polar surface area (TPSA) is 76.4 Å². The number of alkyl halides is 2. The highest BCUT2D eigenvalue weighted by molar-refractivity contribution is 7.95. The van der Waals surface area contributed by atoms with Crippen LogP contribution in [0.15, 0.2) is 52.3 Å². The van der Waals surface area contributed by atoms with Gasteiger partial charge in [0, 0.05) is 0 Å². The van der Waals surface area contributed by atoms with Crippen LogP contribution in [0.3, 0.4) is 0 Å². The first kappa shape index (κ1) is 20.4. The van der Waals surface area contributed by atoms with Crippen LogP contribution < -0.4 is 9.47 Å². The smallest absolute Gasteiger partial charge is 0.387 e. The molecule has 0 saturated heterocycles. The van der Waals surface area contributed by atoms with E-state index in [-0.39, 0.29) is 23.0 Å². The van der Waals surface area contributed by atoms with E-state index in [0.717, 1.165) is 11.6 Å². The molecule has 0 aliphatic rings. The second-order valence-electron chi connectivity index (χ2n) is 5.45. The van der Waals surface area contributed by atoms with Gasteiger partial charge in [0.15, 0.2) is 11.5 Å². The van der Waals surface area contributed by atoms with Crippen molar-refractivity contribution in [2.24, 2.45) is 0 Å². The first-order valence-corrected chi connectivity index (χ1v) is 9.41. The zero-order chi connectivity index (χ0) is 20.0. The highest BCUT2D eigenvalue weighted by atomic mass is 32.2. The number of sulfone groups is 1.